The number of carbonyl (C=O) groups excluding carboxylic acids is 3. The first-order chi connectivity index (χ1) is 23.1. The first-order valence-electron chi connectivity index (χ1n) is 17.3. The molecule has 2 fully saturated rings. The van der Waals surface area contributed by atoms with E-state index in [1.165, 1.54) is 32.7 Å². The van der Waals surface area contributed by atoms with Crippen molar-refractivity contribution in [2.45, 2.75) is 111 Å². The maximum Gasteiger partial charge on any atom is 0.255 e. The molecule has 2 saturated heterocycles. The molecule has 0 bridgehead atoms. The number of fused-ring (bicyclic) bond motifs is 2. The van der Waals surface area contributed by atoms with Gasteiger partial charge in [0.2, 0.25) is 17.6 Å². The molecule has 12 heteroatoms. The van der Waals surface area contributed by atoms with Crippen LogP contribution in [0, 0.1) is 0 Å². The molecule has 12 nitrogen and oxygen atoms in total. The van der Waals surface area contributed by atoms with E-state index in [9.17, 15) is 19.5 Å². The Morgan fingerprint density at radius 1 is 1.14 bits per heavy atom. The lowest BCUT2D eigenvalue weighted by Crippen LogP contribution is -2.92. The number of rotatable bonds is 7. The van der Waals surface area contributed by atoms with Gasteiger partial charge in [-0.2, -0.15) is 0 Å². The van der Waals surface area contributed by atoms with Crippen molar-refractivity contribution in [1.82, 2.24) is 26.2 Å². The Balaban J connectivity index is 0.00000113. The fraction of sp³-hybridized carbons (Fsp3) is 0.579. The van der Waals surface area contributed by atoms with Gasteiger partial charge in [0.15, 0.2) is 0 Å². The van der Waals surface area contributed by atoms with Crippen LogP contribution in [0.5, 0.6) is 5.75 Å². The van der Waals surface area contributed by atoms with Crippen molar-refractivity contribution in [1.29, 1.82) is 0 Å². The van der Waals surface area contributed by atoms with Crippen LogP contribution >= 0.6 is 0 Å². The van der Waals surface area contributed by atoms with Crippen molar-refractivity contribution in [3.63, 3.8) is 0 Å². The first-order valence-corrected chi connectivity index (χ1v) is 17.3. The minimum Gasteiger partial charge on any atom is -0.492 e. The predicted molar refractivity (Wildman–Crippen MR) is 204 cm³/mol. The standard InChI is InChI=1S/C24H35N5O3.C8H12N2O2.C3H8.C2H6.CH4/c1-6-19(25)28-18-12-26-14(2)29-13-17(21(30)24(18,29)5)27-22(31)15-8-7-9-16-20(15)32-11-10-23(16,3)4;1-6(8(12)10-3)4-5-7(11)9-2;1-3-2;1-2;/h7-9,17-18,21,26,30H,2,6,10-13H2,1,3-5H3,(H2,25,28)(H,27,31);4-5H,1H2,2-3H3,(H,9,11)(H,10,12);3H2,1-2H3;1-2H3;1H4/p+1/b;5-4-;;;. The summed E-state index contributed by atoms with van der Waals surface area (Å²) < 4.78 is 5.92. The van der Waals surface area contributed by atoms with Crippen LogP contribution in [0.4, 0.5) is 0 Å². The number of ether oxygens (including phenoxy) is 1. The third kappa shape index (κ3) is 11.1. The van der Waals surface area contributed by atoms with Gasteiger partial charge in [-0.3, -0.25) is 25.1 Å². The summed E-state index contributed by atoms with van der Waals surface area (Å²) in [6.07, 6.45) is 4.64. The normalized spacial score (nSPS) is 22.8. The van der Waals surface area contributed by atoms with Crippen LogP contribution < -0.4 is 36.7 Å². The molecular weight excluding hydrogens is 634 g/mol. The van der Waals surface area contributed by atoms with Crippen molar-refractivity contribution in [3.05, 3.63) is 66.0 Å². The highest BCUT2D eigenvalue weighted by atomic mass is 16.5. The zero-order chi connectivity index (χ0) is 37.5. The molecule has 0 spiro atoms. The predicted octanol–water partition coefficient (Wildman–Crippen LogP) is 2.24. The highest BCUT2D eigenvalue weighted by Crippen LogP contribution is 2.41. The Bertz CT molecular complexity index is 1370. The molecule has 8 N–H and O–H groups in total. The highest BCUT2D eigenvalue weighted by Gasteiger charge is 2.58. The van der Waals surface area contributed by atoms with Crippen LogP contribution in [0.3, 0.4) is 0 Å². The van der Waals surface area contributed by atoms with Crippen LogP contribution in [-0.4, -0.2) is 91.1 Å². The number of nitrogens with zero attached hydrogens (tertiary/aromatic N) is 1. The largest absolute Gasteiger partial charge is 0.492 e. The van der Waals surface area contributed by atoms with E-state index >= 15 is 0 Å². The van der Waals surface area contributed by atoms with Gasteiger partial charge >= 0.3 is 0 Å². The Kier molecular flexibility index (Phi) is 19.2. The van der Waals surface area contributed by atoms with E-state index in [1.54, 1.807) is 6.07 Å². The van der Waals surface area contributed by atoms with Crippen molar-refractivity contribution in [2.24, 2.45) is 5.73 Å². The number of hydrogen-bond donors (Lipinski definition) is 7. The number of benzene rings is 1. The lowest BCUT2D eigenvalue weighted by Gasteiger charge is -2.46. The molecule has 4 atom stereocenters. The summed E-state index contributed by atoms with van der Waals surface area (Å²) in [4.78, 5) is 40.2. The van der Waals surface area contributed by atoms with Gasteiger partial charge in [0, 0.05) is 44.3 Å². The molecule has 0 aliphatic carbocycles. The topological polar surface area (TPSA) is 172 Å². The second-order valence-corrected chi connectivity index (χ2v) is 12.7. The number of amides is 3. The van der Waals surface area contributed by atoms with E-state index in [1.807, 2.05) is 44.7 Å². The summed E-state index contributed by atoms with van der Waals surface area (Å²) in [5, 5.41) is 22.5. The SMILES string of the molecule is C.C=C(/C=C\C(=O)NC)C(=O)NC.C=C1NCC([NH+]=C(N)CC)C2(C)C(O)C(NC(=O)c3cccc4c3OCCC4(C)C)CN12.CC.CCC. The van der Waals surface area contributed by atoms with Crippen molar-refractivity contribution < 1.29 is 29.2 Å². The average molecular weight is 701 g/mol. The Morgan fingerprint density at radius 3 is 2.32 bits per heavy atom. The molecule has 1 aromatic rings. The summed E-state index contributed by atoms with van der Waals surface area (Å²) in [6, 6.07) is 5.10. The molecule has 3 aliphatic heterocycles. The van der Waals surface area contributed by atoms with Gasteiger partial charge in [-0.05, 0) is 30.9 Å². The quantitative estimate of drug-likeness (QED) is 0.0983. The van der Waals surface area contributed by atoms with Crippen LogP contribution in [0.1, 0.15) is 98.0 Å². The summed E-state index contributed by atoms with van der Waals surface area (Å²) in [6.45, 7) is 25.7. The number of hydrogen-bond acceptors (Lipinski definition) is 7. The van der Waals surface area contributed by atoms with Gasteiger partial charge in [0.25, 0.3) is 5.91 Å². The number of likely N-dealkylation sites (N-methyl/N-ethyl adjacent to an activating group) is 2. The van der Waals surface area contributed by atoms with Gasteiger partial charge in [0.05, 0.1) is 30.6 Å². The van der Waals surface area contributed by atoms with E-state index in [0.29, 0.717) is 43.3 Å². The van der Waals surface area contributed by atoms with Crippen LogP contribution in [0.15, 0.2) is 54.9 Å². The number of para-hydroxylation sites is 1. The minimum atomic E-state index is -0.815. The molecule has 1 aromatic carbocycles. The average Bonchev–Trinajstić information content (AvgIpc) is 3.35. The fourth-order valence-electron chi connectivity index (χ4n) is 5.71. The van der Waals surface area contributed by atoms with E-state index in [4.69, 9.17) is 10.5 Å². The molecule has 3 heterocycles. The fourth-order valence-corrected chi connectivity index (χ4v) is 5.71. The third-order valence-corrected chi connectivity index (χ3v) is 8.70. The van der Waals surface area contributed by atoms with Gasteiger partial charge in [0.1, 0.15) is 23.4 Å². The summed E-state index contributed by atoms with van der Waals surface area (Å²) in [5.41, 5.74) is 7.15. The van der Waals surface area contributed by atoms with Crippen LogP contribution in [-0.2, 0) is 15.0 Å². The van der Waals surface area contributed by atoms with Crippen molar-refractivity contribution >= 4 is 23.6 Å². The lowest BCUT2D eigenvalue weighted by atomic mass is 9.79. The number of aliphatic hydroxyl groups excluding tert-OH is 1. The number of nitrogens with one attached hydrogen (secondary N) is 5. The Hall–Kier alpha value is -4.32. The van der Waals surface area contributed by atoms with Crippen LogP contribution in [0.2, 0.25) is 0 Å². The maximum absolute atomic E-state index is 13.3. The summed E-state index contributed by atoms with van der Waals surface area (Å²) in [7, 11) is 3.01. The van der Waals surface area contributed by atoms with E-state index in [-0.39, 0.29) is 42.2 Å². The molecule has 0 aromatic heterocycles. The molecule has 4 rings (SSSR count). The lowest BCUT2D eigenvalue weighted by molar-refractivity contribution is -0.525. The zero-order valence-corrected chi connectivity index (χ0v) is 31.4. The van der Waals surface area contributed by atoms with Gasteiger partial charge < -0.3 is 36.0 Å². The number of amidine groups is 1. The molecule has 0 saturated carbocycles. The minimum absolute atomic E-state index is 0. The first kappa shape index (κ1) is 45.7. The smallest absolute Gasteiger partial charge is 0.255 e. The maximum atomic E-state index is 13.3. The Labute approximate surface area is 301 Å². The summed E-state index contributed by atoms with van der Waals surface area (Å²) in [5.74, 6) is 1.25. The highest BCUT2D eigenvalue weighted by molar-refractivity contribution is 5.98. The van der Waals surface area contributed by atoms with Gasteiger partial charge in [-0.1, -0.05) is 87.6 Å². The third-order valence-electron chi connectivity index (χ3n) is 8.70. The number of nitrogens with two attached hydrogens (primary N) is 1. The van der Waals surface area contributed by atoms with Crippen LogP contribution in [0.25, 0.3) is 0 Å². The zero-order valence-electron chi connectivity index (χ0n) is 31.4. The summed E-state index contributed by atoms with van der Waals surface area (Å²) >= 11 is 0. The van der Waals surface area contributed by atoms with Gasteiger partial charge in [-0.25, -0.2) is 0 Å². The molecule has 50 heavy (non-hydrogen) atoms. The molecule has 3 aliphatic rings. The van der Waals surface area contributed by atoms with Gasteiger partial charge in [-0.15, -0.1) is 0 Å². The van der Waals surface area contributed by atoms with Crippen molar-refractivity contribution in [3.8, 4) is 5.75 Å². The second-order valence-electron chi connectivity index (χ2n) is 12.7. The molecule has 4 unspecified atom stereocenters. The molecule has 3 amide bonds. The Morgan fingerprint density at radius 2 is 1.76 bits per heavy atom. The number of carbonyl (C=O) groups is 3. The van der Waals surface area contributed by atoms with E-state index in [2.05, 4.69) is 67.1 Å². The second kappa shape index (κ2) is 21.0. The van der Waals surface area contributed by atoms with E-state index < -0.39 is 17.7 Å². The monoisotopic (exact) mass is 701 g/mol. The van der Waals surface area contributed by atoms with Crippen molar-refractivity contribution in [2.75, 3.05) is 33.8 Å². The molecular formula is C38H66N7O5+. The number of aliphatic hydroxyl groups is 1. The molecule has 0 radical (unpaired) electrons. The molecule has 282 valence electrons. The van der Waals surface area contributed by atoms with E-state index in [0.717, 1.165) is 17.8 Å².